The van der Waals surface area contributed by atoms with Crippen LogP contribution in [0.3, 0.4) is 0 Å². The van der Waals surface area contributed by atoms with Crippen molar-refractivity contribution < 1.29 is 0 Å². The largest absolute Gasteiger partial charge is 0.333 e. The SMILES string of the molecule is CC.CC.CN.Cc1nc(CC(C)(C)C/C=C/c2cccc(C(=N)C(=N)c3ccccc3)c2)cs1. The summed E-state index contributed by atoms with van der Waals surface area (Å²) in [7, 11) is 1.50. The molecule has 5 heteroatoms. The van der Waals surface area contributed by atoms with Gasteiger partial charge in [0.2, 0.25) is 0 Å². The standard InChI is InChI=1S/C25H27N3S.2C2H6.CH5N/c1-18-28-22(17-29-18)16-25(2,3)14-8-10-19-9-7-13-21(15-19)24(27)23(26)20-11-5-4-6-12-20;3*1-2/h4-13,15,17,26-27H,14,16H2,1-3H3;2*1-2H3;2H2,1H3/b10-8+,26-23?,27-24?;;;. The van der Waals surface area contributed by atoms with Gasteiger partial charge in [-0.25, -0.2) is 4.98 Å². The molecule has 0 amide bonds. The van der Waals surface area contributed by atoms with E-state index in [1.165, 1.54) is 12.7 Å². The van der Waals surface area contributed by atoms with Crippen molar-refractivity contribution in [2.45, 2.75) is 61.3 Å². The second kappa shape index (κ2) is 17.5. The predicted octanol–water partition coefficient (Wildman–Crippen LogP) is 8.19. The van der Waals surface area contributed by atoms with Crippen LogP contribution in [-0.4, -0.2) is 23.5 Å². The number of hydrogen-bond acceptors (Lipinski definition) is 5. The third-order valence-corrected chi connectivity index (χ3v) is 5.62. The third kappa shape index (κ3) is 11.4. The van der Waals surface area contributed by atoms with Gasteiger partial charge < -0.3 is 5.73 Å². The Morgan fingerprint density at radius 1 is 0.914 bits per heavy atom. The summed E-state index contributed by atoms with van der Waals surface area (Å²) < 4.78 is 0. The van der Waals surface area contributed by atoms with Crippen LogP contribution in [0.15, 0.2) is 66.1 Å². The molecule has 0 saturated heterocycles. The van der Waals surface area contributed by atoms with Gasteiger partial charge in [-0.15, -0.1) is 11.3 Å². The molecule has 1 aromatic heterocycles. The van der Waals surface area contributed by atoms with E-state index in [1.54, 1.807) is 11.3 Å². The minimum absolute atomic E-state index is 0.136. The van der Waals surface area contributed by atoms with Crippen molar-refractivity contribution in [2.75, 3.05) is 7.05 Å². The highest BCUT2D eigenvalue weighted by molar-refractivity contribution is 7.09. The molecule has 0 aliphatic heterocycles. The van der Waals surface area contributed by atoms with Crippen molar-refractivity contribution in [3.05, 3.63) is 93.4 Å². The monoisotopic (exact) mass is 492 g/mol. The maximum Gasteiger partial charge on any atom is 0.0897 e. The number of hydrogen-bond donors (Lipinski definition) is 3. The smallest absolute Gasteiger partial charge is 0.0897 e. The molecular weight excluding hydrogens is 448 g/mol. The molecule has 0 saturated carbocycles. The highest BCUT2D eigenvalue weighted by atomic mass is 32.1. The molecule has 0 spiro atoms. The van der Waals surface area contributed by atoms with Crippen LogP contribution < -0.4 is 5.73 Å². The lowest BCUT2D eigenvalue weighted by Crippen LogP contribution is -2.14. The summed E-state index contributed by atoms with van der Waals surface area (Å²) >= 11 is 1.70. The fourth-order valence-electron chi connectivity index (χ4n) is 3.26. The first-order valence-corrected chi connectivity index (χ1v) is 13.2. The number of thiazole rings is 1. The van der Waals surface area contributed by atoms with Crippen LogP contribution in [0.5, 0.6) is 0 Å². The summed E-state index contributed by atoms with van der Waals surface area (Å²) in [5, 5.41) is 20.0. The summed E-state index contributed by atoms with van der Waals surface area (Å²) in [6, 6.07) is 17.3. The molecule has 0 aliphatic carbocycles. The number of nitrogens with one attached hydrogen (secondary N) is 2. The Kier molecular flexibility index (Phi) is 16.1. The van der Waals surface area contributed by atoms with Crippen LogP contribution in [0.4, 0.5) is 0 Å². The molecule has 0 bridgehead atoms. The Bertz CT molecular complexity index is 1030. The molecule has 190 valence electrons. The van der Waals surface area contributed by atoms with E-state index < -0.39 is 0 Å². The number of allylic oxidation sites excluding steroid dienone is 1. The zero-order valence-corrected chi connectivity index (χ0v) is 23.6. The Balaban J connectivity index is 0.00000179. The van der Waals surface area contributed by atoms with Crippen LogP contribution >= 0.6 is 11.3 Å². The zero-order valence-electron chi connectivity index (χ0n) is 22.8. The summed E-state index contributed by atoms with van der Waals surface area (Å²) in [5.74, 6) is 0. The highest BCUT2D eigenvalue weighted by Crippen LogP contribution is 2.27. The lowest BCUT2D eigenvalue weighted by Gasteiger charge is -2.21. The third-order valence-electron chi connectivity index (χ3n) is 4.79. The molecule has 35 heavy (non-hydrogen) atoms. The van der Waals surface area contributed by atoms with Crippen LogP contribution in [0.2, 0.25) is 0 Å². The van der Waals surface area contributed by atoms with Crippen molar-refractivity contribution >= 4 is 28.8 Å². The first kappa shape index (κ1) is 32.1. The molecular formula is C30H44N4S. The van der Waals surface area contributed by atoms with Gasteiger partial charge in [0.15, 0.2) is 0 Å². The molecule has 0 atom stereocenters. The molecule has 4 nitrogen and oxygen atoms in total. The number of aromatic nitrogens is 1. The van der Waals surface area contributed by atoms with Crippen molar-refractivity contribution in [2.24, 2.45) is 11.1 Å². The van der Waals surface area contributed by atoms with Gasteiger partial charge in [0.05, 0.1) is 22.1 Å². The van der Waals surface area contributed by atoms with Gasteiger partial charge in [-0.3, -0.25) is 10.8 Å². The van der Waals surface area contributed by atoms with Crippen LogP contribution in [-0.2, 0) is 6.42 Å². The molecule has 4 N–H and O–H groups in total. The Hall–Kier alpha value is -2.89. The van der Waals surface area contributed by atoms with Gasteiger partial charge in [-0.05, 0) is 43.9 Å². The summed E-state index contributed by atoms with van der Waals surface area (Å²) in [6.45, 7) is 14.6. The Morgan fingerprint density at radius 3 is 2.06 bits per heavy atom. The van der Waals surface area contributed by atoms with Gasteiger partial charge in [0.1, 0.15) is 0 Å². The molecule has 0 aliphatic rings. The number of benzene rings is 2. The normalized spacial score (nSPS) is 10.2. The fourth-order valence-corrected chi connectivity index (χ4v) is 3.87. The Morgan fingerprint density at radius 2 is 1.49 bits per heavy atom. The van der Waals surface area contributed by atoms with E-state index >= 15 is 0 Å². The highest BCUT2D eigenvalue weighted by Gasteiger charge is 2.18. The van der Waals surface area contributed by atoms with E-state index in [0.29, 0.717) is 0 Å². The Labute approximate surface area is 217 Å². The minimum atomic E-state index is 0.136. The minimum Gasteiger partial charge on any atom is -0.333 e. The van der Waals surface area contributed by atoms with Crippen LogP contribution in [0.25, 0.3) is 6.08 Å². The van der Waals surface area contributed by atoms with Crippen molar-refractivity contribution in [1.82, 2.24) is 4.98 Å². The number of nitrogens with two attached hydrogens (primary N) is 1. The van der Waals surface area contributed by atoms with E-state index in [9.17, 15) is 0 Å². The lowest BCUT2D eigenvalue weighted by molar-refractivity contribution is 0.366. The van der Waals surface area contributed by atoms with Gasteiger partial charge in [0.25, 0.3) is 0 Å². The molecule has 2 aromatic carbocycles. The number of rotatable bonds is 8. The first-order valence-electron chi connectivity index (χ1n) is 12.3. The molecule has 0 unspecified atom stereocenters. The van der Waals surface area contributed by atoms with Gasteiger partial charge in [0, 0.05) is 16.5 Å². The fraction of sp³-hybridized carbons (Fsp3) is 0.367. The van der Waals surface area contributed by atoms with Crippen molar-refractivity contribution in [3.63, 3.8) is 0 Å². The van der Waals surface area contributed by atoms with Crippen molar-refractivity contribution in [3.8, 4) is 0 Å². The lowest BCUT2D eigenvalue weighted by atomic mass is 9.84. The van der Waals surface area contributed by atoms with Gasteiger partial charge in [-0.1, -0.05) is 102 Å². The maximum absolute atomic E-state index is 8.42. The van der Waals surface area contributed by atoms with E-state index in [1.807, 2.05) is 89.2 Å². The van der Waals surface area contributed by atoms with Gasteiger partial charge in [-0.2, -0.15) is 0 Å². The van der Waals surface area contributed by atoms with Gasteiger partial charge >= 0.3 is 0 Å². The number of aryl methyl sites for hydroxylation is 1. The second-order valence-corrected chi connectivity index (χ2v) is 9.11. The average molecular weight is 493 g/mol. The van der Waals surface area contributed by atoms with Crippen LogP contribution in [0.1, 0.15) is 75.4 Å². The summed E-state index contributed by atoms with van der Waals surface area (Å²) in [5.41, 5.74) is 8.86. The summed E-state index contributed by atoms with van der Waals surface area (Å²) in [4.78, 5) is 4.59. The molecule has 3 aromatic rings. The van der Waals surface area contributed by atoms with Crippen molar-refractivity contribution in [1.29, 1.82) is 10.8 Å². The van der Waals surface area contributed by atoms with Crippen LogP contribution in [0, 0.1) is 23.2 Å². The van der Waals surface area contributed by atoms with E-state index in [0.717, 1.165) is 34.5 Å². The quantitative estimate of drug-likeness (QED) is 0.277. The molecule has 0 radical (unpaired) electrons. The van der Waals surface area contributed by atoms with E-state index in [2.05, 4.69) is 42.1 Å². The molecule has 3 rings (SSSR count). The first-order chi connectivity index (χ1) is 16.8. The average Bonchev–Trinajstić information content (AvgIpc) is 3.30. The number of nitrogens with zero attached hydrogens (tertiary/aromatic N) is 1. The maximum atomic E-state index is 8.42. The predicted molar refractivity (Wildman–Crippen MR) is 157 cm³/mol. The molecule has 0 fully saturated rings. The van der Waals surface area contributed by atoms with E-state index in [-0.39, 0.29) is 16.8 Å². The summed E-state index contributed by atoms with van der Waals surface area (Å²) in [6.07, 6.45) is 6.22. The zero-order chi connectivity index (χ0) is 26.9. The topological polar surface area (TPSA) is 86.6 Å². The van der Waals surface area contributed by atoms with E-state index in [4.69, 9.17) is 10.8 Å². The second-order valence-electron chi connectivity index (χ2n) is 8.05. The molecule has 1 heterocycles.